The van der Waals surface area contributed by atoms with E-state index in [1.54, 1.807) is 32.4 Å². The number of rotatable bonds is 6. The van der Waals surface area contributed by atoms with Gasteiger partial charge in [-0.15, -0.1) is 0 Å². The zero-order chi connectivity index (χ0) is 18.7. The van der Waals surface area contributed by atoms with Crippen molar-refractivity contribution < 1.29 is 18.7 Å². The lowest BCUT2D eigenvalue weighted by Gasteiger charge is -2.29. The molecule has 0 aliphatic heterocycles. The Morgan fingerprint density at radius 3 is 2.65 bits per heavy atom. The van der Waals surface area contributed by atoms with Gasteiger partial charge in [0.15, 0.2) is 17.1 Å². The molecule has 0 unspecified atom stereocenters. The topological polar surface area (TPSA) is 60.7 Å². The number of hydrogen-bond donors (Lipinski definition) is 1. The van der Waals surface area contributed by atoms with Gasteiger partial charge in [-0.25, -0.2) is 0 Å². The number of carbonyl (C=O) groups is 1. The Hall–Kier alpha value is -2.50. The standard InChI is InChI=1S/C20H20ClNO4/c1-20(25-3,14-7-5-8-15(21)11-14)12-22-19(23)17-10-13-6-4-9-16(24-2)18(13)26-17/h4-11H,12H2,1-3H3,(H,22,23)/t20-/m1/s1. The third-order valence-corrected chi connectivity index (χ3v) is 4.66. The van der Waals surface area contributed by atoms with Gasteiger partial charge in [0, 0.05) is 17.5 Å². The second-order valence-electron chi connectivity index (χ2n) is 6.12. The molecule has 0 saturated carbocycles. The van der Waals surface area contributed by atoms with Gasteiger partial charge in [-0.3, -0.25) is 4.79 Å². The molecule has 1 heterocycles. The first-order valence-corrected chi connectivity index (χ1v) is 8.50. The third-order valence-electron chi connectivity index (χ3n) is 4.42. The number of halogens is 1. The van der Waals surface area contributed by atoms with Crippen molar-refractivity contribution in [3.05, 3.63) is 64.9 Å². The Bertz CT molecular complexity index is 936. The molecule has 6 heteroatoms. The van der Waals surface area contributed by atoms with Crippen molar-refractivity contribution >= 4 is 28.5 Å². The van der Waals surface area contributed by atoms with Crippen molar-refractivity contribution in [1.82, 2.24) is 5.32 Å². The molecule has 0 fully saturated rings. The number of nitrogens with one attached hydrogen (secondary N) is 1. The summed E-state index contributed by atoms with van der Waals surface area (Å²) in [5.74, 6) is 0.477. The van der Waals surface area contributed by atoms with E-state index < -0.39 is 5.60 Å². The second-order valence-corrected chi connectivity index (χ2v) is 6.55. The van der Waals surface area contributed by atoms with Gasteiger partial charge in [-0.2, -0.15) is 0 Å². The maximum atomic E-state index is 12.5. The van der Waals surface area contributed by atoms with Gasteiger partial charge >= 0.3 is 0 Å². The first-order chi connectivity index (χ1) is 12.5. The summed E-state index contributed by atoms with van der Waals surface area (Å²) >= 11 is 6.07. The SMILES string of the molecule is COc1cccc2cc(C(=O)NC[C@@](C)(OC)c3cccc(Cl)c3)oc12. The van der Waals surface area contributed by atoms with Crippen LogP contribution in [0.2, 0.25) is 5.02 Å². The van der Waals surface area contributed by atoms with Crippen molar-refractivity contribution in [3.63, 3.8) is 0 Å². The number of furan rings is 1. The van der Waals surface area contributed by atoms with Crippen LogP contribution in [0.3, 0.4) is 0 Å². The lowest BCUT2D eigenvalue weighted by molar-refractivity contribution is 0.00295. The number of hydrogen-bond acceptors (Lipinski definition) is 4. The van der Waals surface area contributed by atoms with Crippen molar-refractivity contribution in [1.29, 1.82) is 0 Å². The summed E-state index contributed by atoms with van der Waals surface area (Å²) in [4.78, 5) is 12.5. The van der Waals surface area contributed by atoms with Crippen LogP contribution in [0.5, 0.6) is 5.75 Å². The van der Waals surface area contributed by atoms with Gasteiger partial charge in [0.1, 0.15) is 5.60 Å². The highest BCUT2D eigenvalue weighted by Crippen LogP contribution is 2.29. The largest absolute Gasteiger partial charge is 0.493 e. The molecule has 136 valence electrons. The van der Waals surface area contributed by atoms with Crippen molar-refractivity contribution in [3.8, 4) is 5.75 Å². The molecule has 26 heavy (non-hydrogen) atoms. The number of para-hydroxylation sites is 1. The first-order valence-electron chi connectivity index (χ1n) is 8.13. The Morgan fingerprint density at radius 2 is 1.96 bits per heavy atom. The van der Waals surface area contributed by atoms with Gasteiger partial charge in [0.25, 0.3) is 5.91 Å². The Kier molecular flexibility index (Phi) is 5.20. The Morgan fingerprint density at radius 1 is 1.19 bits per heavy atom. The minimum Gasteiger partial charge on any atom is -0.493 e. The van der Waals surface area contributed by atoms with Crippen LogP contribution in [-0.2, 0) is 10.3 Å². The predicted octanol–water partition coefficient (Wildman–Crippen LogP) is 4.39. The van der Waals surface area contributed by atoms with E-state index in [0.29, 0.717) is 16.4 Å². The molecule has 0 aliphatic carbocycles. The van der Waals surface area contributed by atoms with E-state index in [1.807, 2.05) is 37.3 Å². The van der Waals surface area contributed by atoms with Gasteiger partial charge < -0.3 is 19.2 Å². The molecule has 0 bridgehead atoms. The zero-order valence-corrected chi connectivity index (χ0v) is 15.6. The molecule has 1 atom stereocenters. The van der Waals surface area contributed by atoms with Crippen LogP contribution < -0.4 is 10.1 Å². The zero-order valence-electron chi connectivity index (χ0n) is 14.8. The van der Waals surface area contributed by atoms with Crippen LogP contribution >= 0.6 is 11.6 Å². The number of benzene rings is 2. The lowest BCUT2D eigenvalue weighted by Crippen LogP contribution is -2.40. The highest BCUT2D eigenvalue weighted by atomic mass is 35.5. The molecule has 2 aromatic carbocycles. The number of carbonyl (C=O) groups excluding carboxylic acids is 1. The van der Waals surface area contributed by atoms with Gasteiger partial charge in [-0.05, 0) is 36.8 Å². The molecule has 0 aliphatic rings. The van der Waals surface area contributed by atoms with E-state index in [1.165, 1.54) is 0 Å². The van der Waals surface area contributed by atoms with E-state index in [0.717, 1.165) is 10.9 Å². The summed E-state index contributed by atoms with van der Waals surface area (Å²) in [5.41, 5.74) is 0.702. The number of amides is 1. The summed E-state index contributed by atoms with van der Waals surface area (Å²) in [6.07, 6.45) is 0. The van der Waals surface area contributed by atoms with Crippen LogP contribution in [0.25, 0.3) is 11.0 Å². The van der Waals surface area contributed by atoms with Crippen LogP contribution in [-0.4, -0.2) is 26.7 Å². The molecule has 5 nitrogen and oxygen atoms in total. The maximum absolute atomic E-state index is 12.5. The van der Waals surface area contributed by atoms with Gasteiger partial charge in [0.2, 0.25) is 0 Å². The van der Waals surface area contributed by atoms with Crippen molar-refractivity contribution in [2.24, 2.45) is 0 Å². The summed E-state index contributed by atoms with van der Waals surface area (Å²) in [5, 5.41) is 4.28. The van der Waals surface area contributed by atoms with Crippen LogP contribution in [0.4, 0.5) is 0 Å². The van der Waals surface area contributed by atoms with Crippen molar-refractivity contribution in [2.75, 3.05) is 20.8 Å². The number of ether oxygens (including phenoxy) is 2. The molecule has 3 rings (SSSR count). The van der Waals surface area contributed by atoms with Crippen molar-refractivity contribution in [2.45, 2.75) is 12.5 Å². The monoisotopic (exact) mass is 373 g/mol. The molecule has 3 aromatic rings. The predicted molar refractivity (Wildman–Crippen MR) is 101 cm³/mol. The summed E-state index contributed by atoms with van der Waals surface area (Å²) in [6.45, 7) is 2.15. The van der Waals surface area contributed by atoms with Crippen LogP contribution in [0.15, 0.2) is 52.9 Å². The normalized spacial score (nSPS) is 13.4. The lowest BCUT2D eigenvalue weighted by atomic mass is 9.95. The van der Waals surface area contributed by atoms with E-state index in [2.05, 4.69) is 5.32 Å². The molecular formula is C20H20ClNO4. The van der Waals surface area contributed by atoms with E-state index >= 15 is 0 Å². The molecular weight excluding hydrogens is 354 g/mol. The maximum Gasteiger partial charge on any atom is 0.287 e. The van der Waals surface area contributed by atoms with Crippen LogP contribution in [0, 0.1) is 0 Å². The fourth-order valence-electron chi connectivity index (χ4n) is 2.75. The van der Waals surface area contributed by atoms with E-state index in [-0.39, 0.29) is 18.2 Å². The second kappa shape index (κ2) is 7.40. The van der Waals surface area contributed by atoms with Gasteiger partial charge in [-0.1, -0.05) is 35.9 Å². The smallest absolute Gasteiger partial charge is 0.287 e. The average molecular weight is 374 g/mol. The molecule has 0 saturated heterocycles. The average Bonchev–Trinajstić information content (AvgIpc) is 3.10. The summed E-state index contributed by atoms with van der Waals surface area (Å²) in [6, 6.07) is 14.6. The molecule has 1 N–H and O–H groups in total. The minimum atomic E-state index is -0.718. The Labute approximate surface area is 156 Å². The fraction of sp³-hybridized carbons (Fsp3) is 0.250. The summed E-state index contributed by atoms with van der Waals surface area (Å²) < 4.78 is 16.6. The molecule has 1 amide bonds. The molecule has 0 spiro atoms. The number of methoxy groups -OCH3 is 2. The first kappa shape index (κ1) is 18.3. The Balaban J connectivity index is 1.79. The molecule has 0 radical (unpaired) electrons. The molecule has 1 aromatic heterocycles. The highest BCUT2D eigenvalue weighted by molar-refractivity contribution is 6.30. The van der Waals surface area contributed by atoms with E-state index in [9.17, 15) is 4.79 Å². The van der Waals surface area contributed by atoms with Gasteiger partial charge in [0.05, 0.1) is 13.7 Å². The summed E-state index contributed by atoms with van der Waals surface area (Å²) in [7, 11) is 3.16. The van der Waals surface area contributed by atoms with Crippen LogP contribution in [0.1, 0.15) is 23.0 Å². The minimum absolute atomic E-state index is 0.217. The quantitative estimate of drug-likeness (QED) is 0.696. The van der Waals surface area contributed by atoms with E-state index in [4.69, 9.17) is 25.5 Å². The fourth-order valence-corrected chi connectivity index (χ4v) is 2.94. The third kappa shape index (κ3) is 3.54. The number of fused-ring (bicyclic) bond motifs is 1. The highest BCUT2D eigenvalue weighted by Gasteiger charge is 2.28.